The number of nitrogens with one attached hydrogen (secondary N) is 2. The van der Waals surface area contributed by atoms with E-state index in [1.165, 1.54) is 62.4 Å². The van der Waals surface area contributed by atoms with E-state index in [-0.39, 0.29) is 0 Å². The van der Waals surface area contributed by atoms with Crippen LogP contribution < -0.4 is 15.5 Å². The molecule has 2 heterocycles. The Morgan fingerprint density at radius 3 is 2.79 bits per heavy atom. The molecule has 0 amide bonds. The van der Waals surface area contributed by atoms with E-state index in [2.05, 4.69) is 39.8 Å². The highest BCUT2D eigenvalue weighted by molar-refractivity contribution is 7.13. The molecule has 0 spiro atoms. The lowest BCUT2D eigenvalue weighted by molar-refractivity contribution is 0.670. The third kappa shape index (κ3) is 6.67. The van der Waals surface area contributed by atoms with Gasteiger partial charge in [0.25, 0.3) is 0 Å². The molecule has 2 rings (SSSR count). The van der Waals surface area contributed by atoms with Crippen LogP contribution in [0.25, 0.3) is 0 Å². The summed E-state index contributed by atoms with van der Waals surface area (Å²) in [5.74, 6) is 0.934. The molecule has 0 radical (unpaired) electrons. The van der Waals surface area contributed by atoms with Crippen LogP contribution in [-0.4, -0.2) is 43.7 Å². The van der Waals surface area contributed by atoms with Crippen molar-refractivity contribution < 1.29 is 0 Å². The fraction of sp³-hybridized carbons (Fsp3) is 0.778. The summed E-state index contributed by atoms with van der Waals surface area (Å²) in [6, 6.07) is 0. The van der Waals surface area contributed by atoms with Crippen LogP contribution in [0, 0.1) is 0 Å². The Morgan fingerprint density at radius 2 is 2.04 bits per heavy atom. The summed E-state index contributed by atoms with van der Waals surface area (Å²) in [5.41, 5.74) is 1.19. The van der Waals surface area contributed by atoms with Crippen LogP contribution in [0.2, 0.25) is 0 Å². The van der Waals surface area contributed by atoms with E-state index in [0.29, 0.717) is 0 Å². The van der Waals surface area contributed by atoms with Crippen molar-refractivity contribution in [3.05, 3.63) is 11.1 Å². The number of aromatic nitrogens is 1. The Hall–Kier alpha value is -1.30. The molecule has 1 fully saturated rings. The first kappa shape index (κ1) is 19.0. The van der Waals surface area contributed by atoms with Gasteiger partial charge in [0.2, 0.25) is 0 Å². The molecule has 0 saturated carbocycles. The lowest BCUT2D eigenvalue weighted by Crippen LogP contribution is -2.38. The van der Waals surface area contributed by atoms with Crippen molar-refractivity contribution in [1.29, 1.82) is 0 Å². The minimum atomic E-state index is 0.879. The van der Waals surface area contributed by atoms with Gasteiger partial charge in [-0.05, 0) is 26.2 Å². The molecule has 1 saturated heterocycles. The van der Waals surface area contributed by atoms with Crippen molar-refractivity contribution in [3.63, 3.8) is 0 Å². The highest BCUT2D eigenvalue weighted by Gasteiger charge is 2.15. The van der Waals surface area contributed by atoms with Crippen LogP contribution in [0.15, 0.2) is 10.4 Å². The molecule has 136 valence electrons. The van der Waals surface area contributed by atoms with Crippen LogP contribution >= 0.6 is 11.3 Å². The third-order valence-corrected chi connectivity index (χ3v) is 5.17. The Kier molecular flexibility index (Phi) is 8.95. The Morgan fingerprint density at radius 1 is 1.21 bits per heavy atom. The average molecular weight is 352 g/mol. The summed E-state index contributed by atoms with van der Waals surface area (Å²) in [6.07, 6.45) is 8.59. The topological polar surface area (TPSA) is 52.6 Å². The first-order valence-electron chi connectivity index (χ1n) is 9.55. The summed E-state index contributed by atoms with van der Waals surface area (Å²) in [4.78, 5) is 11.8. The van der Waals surface area contributed by atoms with Crippen LogP contribution in [0.5, 0.6) is 0 Å². The molecule has 0 unspecified atom stereocenters. The summed E-state index contributed by atoms with van der Waals surface area (Å²) >= 11 is 1.78. The van der Waals surface area contributed by atoms with Crippen molar-refractivity contribution in [3.8, 4) is 0 Å². The minimum absolute atomic E-state index is 0.879. The molecule has 6 heteroatoms. The first-order valence-corrected chi connectivity index (χ1v) is 10.4. The Bertz CT molecular complexity index is 480. The van der Waals surface area contributed by atoms with E-state index >= 15 is 0 Å². The number of thiazole rings is 1. The monoisotopic (exact) mass is 351 g/mol. The third-order valence-electron chi connectivity index (χ3n) is 4.22. The predicted octanol–water partition coefficient (Wildman–Crippen LogP) is 3.42. The summed E-state index contributed by atoms with van der Waals surface area (Å²) in [7, 11) is 0. The van der Waals surface area contributed by atoms with E-state index in [1.54, 1.807) is 11.3 Å². The molecule has 1 aromatic rings. The highest BCUT2D eigenvalue weighted by Crippen LogP contribution is 2.24. The maximum absolute atomic E-state index is 4.78. The lowest BCUT2D eigenvalue weighted by Gasteiger charge is -2.12. The van der Waals surface area contributed by atoms with Gasteiger partial charge in [-0.1, -0.05) is 26.2 Å². The van der Waals surface area contributed by atoms with E-state index in [9.17, 15) is 0 Å². The van der Waals surface area contributed by atoms with Gasteiger partial charge in [0, 0.05) is 44.5 Å². The van der Waals surface area contributed by atoms with Gasteiger partial charge in [0.05, 0.1) is 5.69 Å². The summed E-state index contributed by atoms with van der Waals surface area (Å²) < 4.78 is 0. The van der Waals surface area contributed by atoms with E-state index in [1.807, 2.05) is 0 Å². The van der Waals surface area contributed by atoms with Gasteiger partial charge in [-0.2, -0.15) is 0 Å². The molecule has 0 bridgehead atoms. The van der Waals surface area contributed by atoms with E-state index in [4.69, 9.17) is 4.98 Å². The lowest BCUT2D eigenvalue weighted by atomic mass is 10.2. The van der Waals surface area contributed by atoms with Gasteiger partial charge < -0.3 is 15.5 Å². The number of aliphatic imine (C=N–C) groups is 1. The standard InChI is InChI=1S/C18H33N5S/c1-3-5-6-7-11-20-17(19-4-2)21-12-10-16-15-24-18(22-16)23-13-8-9-14-23/h15H,3-14H2,1-2H3,(H2,19,20,21). The number of nitrogens with zero attached hydrogens (tertiary/aromatic N) is 3. The zero-order chi connectivity index (χ0) is 17.0. The van der Waals surface area contributed by atoms with Gasteiger partial charge >= 0.3 is 0 Å². The second kappa shape index (κ2) is 11.3. The predicted molar refractivity (Wildman–Crippen MR) is 105 cm³/mol. The Labute approximate surface area is 151 Å². The van der Waals surface area contributed by atoms with Gasteiger partial charge in [-0.3, -0.25) is 4.99 Å². The fourth-order valence-electron chi connectivity index (χ4n) is 2.84. The van der Waals surface area contributed by atoms with Crippen LogP contribution in [-0.2, 0) is 6.42 Å². The largest absolute Gasteiger partial charge is 0.357 e. The van der Waals surface area contributed by atoms with E-state index in [0.717, 1.165) is 32.0 Å². The van der Waals surface area contributed by atoms with Crippen molar-refractivity contribution >= 4 is 22.4 Å². The molecule has 0 atom stereocenters. The maximum atomic E-state index is 4.78. The second-order valence-electron chi connectivity index (χ2n) is 6.31. The number of anilines is 1. The van der Waals surface area contributed by atoms with Crippen LogP contribution in [0.4, 0.5) is 5.13 Å². The quantitative estimate of drug-likeness (QED) is 0.385. The molecular weight excluding hydrogens is 318 g/mol. The first-order chi connectivity index (χ1) is 11.8. The van der Waals surface area contributed by atoms with Gasteiger partial charge in [-0.15, -0.1) is 11.3 Å². The number of unbranched alkanes of at least 4 members (excludes halogenated alkanes) is 3. The SMILES string of the molecule is CCCCCCN=C(NCC)NCCc1csc(N2CCCC2)n1. The number of rotatable bonds is 10. The molecule has 1 aliphatic heterocycles. The van der Waals surface area contributed by atoms with Gasteiger partial charge in [-0.25, -0.2) is 4.98 Å². The van der Waals surface area contributed by atoms with Crippen LogP contribution in [0.3, 0.4) is 0 Å². The molecule has 2 N–H and O–H groups in total. The smallest absolute Gasteiger partial charge is 0.191 e. The normalized spacial score (nSPS) is 15.1. The molecule has 0 aliphatic carbocycles. The number of hydrogen-bond donors (Lipinski definition) is 2. The van der Waals surface area contributed by atoms with Crippen molar-refractivity contribution in [2.24, 2.45) is 4.99 Å². The minimum Gasteiger partial charge on any atom is -0.357 e. The molecule has 1 aromatic heterocycles. The summed E-state index contributed by atoms with van der Waals surface area (Å²) in [6.45, 7) is 9.37. The highest BCUT2D eigenvalue weighted by atomic mass is 32.1. The molecule has 24 heavy (non-hydrogen) atoms. The molecule has 5 nitrogen and oxygen atoms in total. The van der Waals surface area contributed by atoms with E-state index < -0.39 is 0 Å². The maximum Gasteiger partial charge on any atom is 0.191 e. The van der Waals surface area contributed by atoms with Crippen molar-refractivity contribution in [2.45, 2.75) is 58.8 Å². The van der Waals surface area contributed by atoms with Crippen molar-refractivity contribution in [2.75, 3.05) is 37.6 Å². The second-order valence-corrected chi connectivity index (χ2v) is 7.15. The van der Waals surface area contributed by atoms with Crippen molar-refractivity contribution in [1.82, 2.24) is 15.6 Å². The molecular formula is C18H33N5S. The zero-order valence-corrected chi connectivity index (χ0v) is 16.1. The molecule has 0 aromatic carbocycles. The average Bonchev–Trinajstić information content (AvgIpc) is 3.26. The fourth-order valence-corrected chi connectivity index (χ4v) is 3.76. The molecule has 1 aliphatic rings. The number of guanidine groups is 1. The Balaban J connectivity index is 1.70. The van der Waals surface area contributed by atoms with Gasteiger partial charge in [0.1, 0.15) is 0 Å². The number of hydrogen-bond acceptors (Lipinski definition) is 4. The zero-order valence-electron chi connectivity index (χ0n) is 15.3. The van der Waals surface area contributed by atoms with Gasteiger partial charge in [0.15, 0.2) is 11.1 Å². The van der Waals surface area contributed by atoms with Crippen LogP contribution in [0.1, 0.15) is 58.1 Å². The summed E-state index contributed by atoms with van der Waals surface area (Å²) in [5, 5.41) is 10.1.